The van der Waals surface area contributed by atoms with Crippen LogP contribution in [0.4, 0.5) is 0 Å². The number of hydrogen-bond acceptors (Lipinski definition) is 7. The molecule has 0 aliphatic rings. The van der Waals surface area contributed by atoms with Gasteiger partial charge in [-0.2, -0.15) is 9.97 Å². The highest BCUT2D eigenvalue weighted by Gasteiger charge is 2.40. The third-order valence-corrected chi connectivity index (χ3v) is 11.4. The molecule has 0 amide bonds. The molecule has 2 aromatic heterocycles. The minimum atomic E-state index is -2.04. The molecule has 0 N–H and O–H groups in total. The summed E-state index contributed by atoms with van der Waals surface area (Å²) in [6.07, 6.45) is 8.09. The summed E-state index contributed by atoms with van der Waals surface area (Å²) in [5.41, 5.74) is 1.96. The quantitative estimate of drug-likeness (QED) is 0.175. The number of hydrogen-bond donors (Lipinski definition) is 0. The summed E-state index contributed by atoms with van der Waals surface area (Å²) in [6, 6.07) is 12.6. The van der Waals surface area contributed by atoms with Crippen LogP contribution in [0.5, 0.6) is 11.9 Å². The molecule has 36 heavy (non-hydrogen) atoms. The molecule has 196 valence electrons. The molecule has 0 saturated heterocycles. The molecule has 0 spiro atoms. The minimum absolute atomic E-state index is 0.0870. The number of methoxy groups -OCH3 is 2. The van der Waals surface area contributed by atoms with E-state index in [9.17, 15) is 0 Å². The van der Waals surface area contributed by atoms with Crippen LogP contribution in [0.15, 0.2) is 47.0 Å². The molecule has 2 heterocycles. The Morgan fingerprint density at radius 1 is 0.944 bits per heavy atom. The molecule has 1 unspecified atom stereocenters. The number of unbranched alkanes of at least 4 members (excludes halogenated alkanes) is 3. The van der Waals surface area contributed by atoms with Crippen LogP contribution in [0, 0.1) is 0 Å². The number of rotatable bonds is 13. The highest BCUT2D eigenvalue weighted by Crippen LogP contribution is 2.41. The Labute approximate surface area is 216 Å². The van der Waals surface area contributed by atoms with Crippen molar-refractivity contribution in [2.24, 2.45) is 0 Å². The smallest absolute Gasteiger partial charge is 0.320 e. The Morgan fingerprint density at radius 2 is 1.67 bits per heavy atom. The first-order valence-corrected chi connectivity index (χ1v) is 15.7. The maximum Gasteiger partial charge on any atom is 0.320 e. The summed E-state index contributed by atoms with van der Waals surface area (Å²) in [4.78, 5) is 13.2. The minimum Gasteiger partial charge on any atom is -0.481 e. The lowest BCUT2D eigenvalue weighted by Gasteiger charge is -2.38. The van der Waals surface area contributed by atoms with E-state index in [1.807, 2.05) is 0 Å². The summed E-state index contributed by atoms with van der Waals surface area (Å²) in [6.45, 7) is 11.3. The molecule has 3 rings (SSSR count). The van der Waals surface area contributed by atoms with Crippen molar-refractivity contribution in [2.75, 3.05) is 14.2 Å². The second-order valence-corrected chi connectivity index (χ2v) is 15.4. The summed E-state index contributed by atoms with van der Waals surface area (Å²) < 4.78 is 23.5. The number of aryl methyl sites for hydroxylation is 1. The largest absolute Gasteiger partial charge is 0.481 e. The van der Waals surface area contributed by atoms with Gasteiger partial charge in [-0.25, -0.2) is 4.98 Å². The zero-order chi connectivity index (χ0) is 26.2. The Kier molecular flexibility index (Phi) is 9.67. The summed E-state index contributed by atoms with van der Waals surface area (Å²) >= 11 is 0. The molecular formula is C28H41N3O4Si. The molecule has 0 bridgehead atoms. The van der Waals surface area contributed by atoms with E-state index in [1.165, 1.54) is 25.5 Å². The second-order valence-electron chi connectivity index (χ2n) is 10.7. The normalized spacial score (nSPS) is 13.0. The van der Waals surface area contributed by atoms with Crippen LogP contribution in [0.25, 0.3) is 11.5 Å². The lowest BCUT2D eigenvalue weighted by molar-refractivity contribution is 0.139. The van der Waals surface area contributed by atoms with E-state index in [0.717, 1.165) is 25.7 Å². The maximum absolute atomic E-state index is 6.80. The van der Waals surface area contributed by atoms with Crippen LogP contribution in [-0.2, 0) is 10.8 Å². The fraction of sp³-hybridized carbons (Fsp3) is 0.536. The van der Waals surface area contributed by atoms with Gasteiger partial charge in [-0.3, -0.25) is 0 Å². The number of oxazole rings is 1. The number of aromatic nitrogens is 3. The van der Waals surface area contributed by atoms with Crippen LogP contribution in [0.1, 0.15) is 70.4 Å². The molecular weight excluding hydrogens is 470 g/mol. The standard InChI is InChI=1S/C28H41N3O4Si/c1-28(2,3)36(6,7)35-23(18-14-9-8-11-15-21-16-12-10-13-17-21)26-29-20-24(34-26)22-19-25(32-4)31-27(30-22)33-5/h10,12-13,16-17,19-20,23H,8-9,11,14-15,18H2,1-7H3. The monoisotopic (exact) mass is 511 g/mol. The summed E-state index contributed by atoms with van der Waals surface area (Å²) in [5, 5.41) is 0.0870. The third-order valence-electron chi connectivity index (χ3n) is 6.89. The van der Waals surface area contributed by atoms with Gasteiger partial charge >= 0.3 is 6.01 Å². The van der Waals surface area contributed by atoms with Crippen molar-refractivity contribution in [3.8, 4) is 23.3 Å². The molecule has 8 heteroatoms. The van der Waals surface area contributed by atoms with Gasteiger partial charge in [0.25, 0.3) is 0 Å². The molecule has 0 aliphatic carbocycles. The Morgan fingerprint density at radius 3 is 2.33 bits per heavy atom. The van der Waals surface area contributed by atoms with Gasteiger partial charge in [0.15, 0.2) is 14.1 Å². The van der Waals surface area contributed by atoms with Crippen molar-refractivity contribution in [1.29, 1.82) is 0 Å². The fourth-order valence-corrected chi connectivity index (χ4v) is 4.99. The zero-order valence-corrected chi connectivity index (χ0v) is 23.8. The molecule has 7 nitrogen and oxygen atoms in total. The molecule has 0 saturated carbocycles. The van der Waals surface area contributed by atoms with Gasteiger partial charge < -0.3 is 18.3 Å². The van der Waals surface area contributed by atoms with Crippen LogP contribution in [0.3, 0.4) is 0 Å². The first kappa shape index (κ1) is 27.9. The molecule has 0 aliphatic heterocycles. The first-order valence-electron chi connectivity index (χ1n) is 12.8. The lowest BCUT2D eigenvalue weighted by Crippen LogP contribution is -2.41. The number of ether oxygens (including phenoxy) is 2. The molecule has 3 aromatic rings. The highest BCUT2D eigenvalue weighted by molar-refractivity contribution is 6.74. The Balaban J connectivity index is 1.69. The van der Waals surface area contributed by atoms with Gasteiger partial charge in [-0.05, 0) is 43.0 Å². The summed E-state index contributed by atoms with van der Waals surface area (Å²) in [5.74, 6) is 1.53. The van der Waals surface area contributed by atoms with Gasteiger partial charge in [0, 0.05) is 6.07 Å². The highest BCUT2D eigenvalue weighted by atomic mass is 28.4. The van der Waals surface area contributed by atoms with Crippen molar-refractivity contribution in [1.82, 2.24) is 15.0 Å². The van der Waals surface area contributed by atoms with E-state index in [1.54, 1.807) is 19.4 Å². The van der Waals surface area contributed by atoms with E-state index < -0.39 is 8.32 Å². The SMILES string of the molecule is COc1cc(-c2cnc(C(CCCCCCc3ccccc3)O[Si](C)(C)C(C)(C)C)o2)nc(OC)n1. The molecule has 0 fully saturated rings. The van der Waals surface area contributed by atoms with Crippen molar-refractivity contribution in [3.63, 3.8) is 0 Å². The molecule has 1 aromatic carbocycles. The topological polar surface area (TPSA) is 79.5 Å². The van der Waals surface area contributed by atoms with Crippen molar-refractivity contribution in [2.45, 2.75) is 83.5 Å². The lowest BCUT2D eigenvalue weighted by atomic mass is 10.0. The Hall–Kier alpha value is -2.71. The van der Waals surface area contributed by atoms with E-state index in [0.29, 0.717) is 23.2 Å². The van der Waals surface area contributed by atoms with Gasteiger partial charge in [-0.1, -0.05) is 70.4 Å². The van der Waals surface area contributed by atoms with E-state index >= 15 is 0 Å². The average molecular weight is 512 g/mol. The van der Waals surface area contributed by atoms with Gasteiger partial charge in [-0.15, -0.1) is 0 Å². The average Bonchev–Trinajstić information content (AvgIpc) is 3.35. The fourth-order valence-electron chi connectivity index (χ4n) is 3.70. The van der Waals surface area contributed by atoms with Crippen molar-refractivity contribution >= 4 is 8.32 Å². The van der Waals surface area contributed by atoms with Crippen molar-refractivity contribution < 1.29 is 18.3 Å². The third kappa shape index (κ3) is 7.64. The van der Waals surface area contributed by atoms with Crippen molar-refractivity contribution in [3.05, 3.63) is 54.0 Å². The maximum atomic E-state index is 6.80. The number of nitrogens with zero attached hydrogens (tertiary/aromatic N) is 3. The van der Waals surface area contributed by atoms with E-state index in [2.05, 4.69) is 79.1 Å². The molecule has 1 atom stereocenters. The van der Waals surface area contributed by atoms with Gasteiger partial charge in [0.05, 0.1) is 20.4 Å². The van der Waals surface area contributed by atoms with Crippen LogP contribution >= 0.6 is 0 Å². The van der Waals surface area contributed by atoms with Crippen LogP contribution in [-0.4, -0.2) is 37.5 Å². The van der Waals surface area contributed by atoms with Gasteiger partial charge in [0.2, 0.25) is 11.8 Å². The first-order chi connectivity index (χ1) is 17.1. The predicted molar refractivity (Wildman–Crippen MR) is 145 cm³/mol. The number of benzene rings is 1. The van der Waals surface area contributed by atoms with Crippen LogP contribution in [0.2, 0.25) is 18.1 Å². The van der Waals surface area contributed by atoms with Crippen LogP contribution < -0.4 is 9.47 Å². The van der Waals surface area contributed by atoms with E-state index in [4.69, 9.17) is 18.3 Å². The predicted octanol–water partition coefficient (Wildman–Crippen LogP) is 7.40. The zero-order valence-electron chi connectivity index (χ0n) is 22.8. The van der Waals surface area contributed by atoms with Gasteiger partial charge in [0.1, 0.15) is 11.8 Å². The Bertz CT molecular complexity index is 1060. The second kappa shape index (κ2) is 12.5. The van der Waals surface area contributed by atoms with E-state index in [-0.39, 0.29) is 17.2 Å². The summed E-state index contributed by atoms with van der Waals surface area (Å²) in [7, 11) is 1.04. The molecule has 0 radical (unpaired) electrons.